The second-order valence-corrected chi connectivity index (χ2v) is 13.0. The second kappa shape index (κ2) is 12.4. The van der Waals surface area contributed by atoms with E-state index in [2.05, 4.69) is 20.7 Å². The number of nitrogens with one attached hydrogen (secondary N) is 3. The van der Waals surface area contributed by atoms with Gasteiger partial charge in [0.2, 0.25) is 10.0 Å². The van der Waals surface area contributed by atoms with Crippen LogP contribution in [0.1, 0.15) is 18.3 Å². The third-order valence-corrected chi connectivity index (χ3v) is 8.53. The first-order valence-electron chi connectivity index (χ1n) is 13.5. The number of rotatable bonds is 8. The van der Waals surface area contributed by atoms with Crippen LogP contribution in [0.25, 0.3) is 16.7 Å². The minimum absolute atomic E-state index is 0.0318. The number of anilines is 1. The number of sulfonamides is 1. The van der Waals surface area contributed by atoms with Crippen LogP contribution in [-0.2, 0) is 23.0 Å². The Morgan fingerprint density at radius 2 is 1.84 bits per heavy atom. The van der Waals surface area contributed by atoms with Crippen LogP contribution in [0.3, 0.4) is 0 Å². The van der Waals surface area contributed by atoms with Crippen LogP contribution in [0.15, 0.2) is 76.0 Å². The van der Waals surface area contributed by atoms with Crippen molar-refractivity contribution in [2.24, 2.45) is 11.1 Å². The van der Waals surface area contributed by atoms with Crippen molar-refractivity contribution in [1.82, 2.24) is 30.4 Å². The highest BCUT2D eigenvalue weighted by Gasteiger charge is 2.25. The Kier molecular flexibility index (Phi) is 8.84. The molecule has 2 heterocycles. The number of allylic oxidation sites excluding steroid dienone is 2. The van der Waals surface area contributed by atoms with Gasteiger partial charge < -0.3 is 20.5 Å². The largest absolute Gasteiger partial charge is 0.361 e. The van der Waals surface area contributed by atoms with Crippen LogP contribution in [0.5, 0.6) is 0 Å². The van der Waals surface area contributed by atoms with Gasteiger partial charge in [-0.25, -0.2) is 28.0 Å². The van der Waals surface area contributed by atoms with E-state index in [1.54, 1.807) is 19.0 Å². The van der Waals surface area contributed by atoms with Crippen molar-refractivity contribution in [3.8, 4) is 5.69 Å². The average molecular weight is 658 g/mol. The normalized spacial score (nSPS) is 16.5. The molecule has 0 spiro atoms. The molecule has 0 fully saturated rings. The number of carbonyl (C=O) groups is 1. The number of aromatic amines is 1. The van der Waals surface area contributed by atoms with Gasteiger partial charge in [-0.2, -0.15) is 0 Å². The fourth-order valence-corrected chi connectivity index (χ4v) is 6.15. The first kappa shape index (κ1) is 31.3. The quantitative estimate of drug-likeness (QED) is 0.224. The number of aromatic nitrogens is 4. The Morgan fingerprint density at radius 3 is 2.48 bits per heavy atom. The van der Waals surface area contributed by atoms with Gasteiger partial charge in [-0.05, 0) is 29.2 Å². The van der Waals surface area contributed by atoms with Crippen molar-refractivity contribution in [3.05, 3.63) is 98.1 Å². The van der Waals surface area contributed by atoms with Crippen LogP contribution >= 0.6 is 23.2 Å². The van der Waals surface area contributed by atoms with Crippen LogP contribution in [0.4, 0.5) is 10.6 Å². The highest BCUT2D eigenvalue weighted by Crippen LogP contribution is 2.34. The number of halogens is 2. The Morgan fingerprint density at radius 1 is 1.16 bits per heavy atom. The summed E-state index contributed by atoms with van der Waals surface area (Å²) in [4.78, 5) is 34.9. The van der Waals surface area contributed by atoms with E-state index in [0.717, 1.165) is 23.3 Å². The van der Waals surface area contributed by atoms with Crippen molar-refractivity contribution >= 4 is 56.1 Å². The maximum Gasteiger partial charge on any atom is 0.315 e. The van der Waals surface area contributed by atoms with Gasteiger partial charge in [-0.15, -0.1) is 5.10 Å². The van der Waals surface area contributed by atoms with E-state index in [1.807, 2.05) is 55.5 Å². The summed E-state index contributed by atoms with van der Waals surface area (Å²) in [5.41, 5.74) is 1.69. The minimum Gasteiger partial charge on any atom is -0.361 e. The molecular formula is C29H30Cl2N8O4S. The Hall–Kier alpha value is -4.17. The zero-order valence-electron chi connectivity index (χ0n) is 24.0. The number of urea groups is 1. The number of fused-ring (bicyclic) bond motifs is 1. The van der Waals surface area contributed by atoms with E-state index in [-0.39, 0.29) is 56.1 Å². The highest BCUT2D eigenvalue weighted by molar-refractivity contribution is 7.89. The third kappa shape index (κ3) is 6.65. The van der Waals surface area contributed by atoms with Gasteiger partial charge in [0.05, 0.1) is 21.0 Å². The van der Waals surface area contributed by atoms with Gasteiger partial charge >= 0.3 is 6.03 Å². The Labute approximate surface area is 263 Å². The Balaban J connectivity index is 1.46. The molecule has 0 saturated carbocycles. The van der Waals surface area contributed by atoms with E-state index in [4.69, 9.17) is 33.3 Å². The molecule has 0 radical (unpaired) electrons. The molecule has 2 amide bonds. The summed E-state index contributed by atoms with van der Waals surface area (Å²) in [5, 5.41) is 15.8. The molecular weight excluding hydrogens is 627 g/mol. The van der Waals surface area contributed by atoms with Crippen LogP contribution in [0.2, 0.25) is 10.0 Å². The van der Waals surface area contributed by atoms with Crippen molar-refractivity contribution in [3.63, 3.8) is 0 Å². The Bertz CT molecular complexity index is 1950. The molecule has 4 aromatic rings. The number of hydrogen-bond donors (Lipinski definition) is 4. The average Bonchev–Trinajstić information content (AvgIpc) is 3.33. The summed E-state index contributed by atoms with van der Waals surface area (Å²) < 4.78 is 25.1. The summed E-state index contributed by atoms with van der Waals surface area (Å²) in [5.74, 6) is 0.670. The van der Waals surface area contributed by atoms with Gasteiger partial charge in [0.15, 0.2) is 11.5 Å². The molecule has 2 aromatic carbocycles. The molecule has 44 heavy (non-hydrogen) atoms. The summed E-state index contributed by atoms with van der Waals surface area (Å²) in [6, 6.07) is 11.3. The molecule has 0 aliphatic heterocycles. The molecule has 230 valence electrons. The van der Waals surface area contributed by atoms with E-state index >= 15 is 0 Å². The summed E-state index contributed by atoms with van der Waals surface area (Å²) in [6.45, 7) is 2.39. The van der Waals surface area contributed by atoms with Crippen LogP contribution in [0, 0.1) is 5.92 Å². The number of nitrogens with two attached hydrogens (primary N) is 1. The summed E-state index contributed by atoms with van der Waals surface area (Å²) in [7, 11) is -0.646. The smallest absolute Gasteiger partial charge is 0.315 e. The predicted octanol–water partition coefficient (Wildman–Crippen LogP) is 3.67. The zero-order chi connectivity index (χ0) is 31.8. The number of nitrogens with zero attached hydrogens (tertiary/aromatic N) is 4. The number of primary sulfonamides is 1. The number of carbonyl (C=O) groups excluding carboxylic acids is 1. The lowest BCUT2D eigenvalue weighted by Crippen LogP contribution is -2.44. The SMILES string of the molecule is CC1C=CC(Cc2nc3c(c(N(C)C)nn3-c3c(Cl)cc(S(N)(=O)=O)cc3Cl)c(=O)[nH]2)=CC1NC(=O)NCc1ccccc1. The standard InChI is InChI=1S/C29H30Cl2N8O4S/c1-16-9-10-18(11-22(16)34-29(41)33-15-17-7-5-4-6-8-17)12-23-35-26-24(28(40)36-23)27(38(2)3)37-39(26)25-20(30)13-19(14-21(25)31)44(32,42)43/h4-11,13-14,16,22H,12,15H2,1-3H3,(H2,32,42,43)(H2,33,34,41)(H,35,36,40). The summed E-state index contributed by atoms with van der Waals surface area (Å²) >= 11 is 13.0. The molecule has 2 atom stereocenters. The molecule has 5 rings (SSSR count). The molecule has 5 N–H and O–H groups in total. The number of hydrogen-bond acceptors (Lipinski definition) is 7. The monoisotopic (exact) mass is 656 g/mol. The number of benzene rings is 2. The lowest BCUT2D eigenvalue weighted by Gasteiger charge is -2.24. The van der Waals surface area contributed by atoms with Crippen LogP contribution < -0.4 is 26.2 Å². The van der Waals surface area contributed by atoms with Gasteiger partial charge in [-0.1, -0.05) is 78.7 Å². The number of H-pyrrole nitrogens is 1. The summed E-state index contributed by atoms with van der Waals surface area (Å²) in [6.07, 6.45) is 6.08. The van der Waals surface area contributed by atoms with Gasteiger partial charge in [0.25, 0.3) is 5.56 Å². The lowest BCUT2D eigenvalue weighted by atomic mass is 9.92. The zero-order valence-corrected chi connectivity index (χ0v) is 26.3. The molecule has 15 heteroatoms. The second-order valence-electron chi connectivity index (χ2n) is 10.6. The van der Waals surface area contributed by atoms with Crippen molar-refractivity contribution in [2.45, 2.75) is 30.8 Å². The molecule has 1 aliphatic carbocycles. The van der Waals surface area contributed by atoms with Crippen molar-refractivity contribution in [1.29, 1.82) is 0 Å². The van der Waals surface area contributed by atoms with Crippen molar-refractivity contribution < 1.29 is 13.2 Å². The molecule has 2 aromatic heterocycles. The van der Waals surface area contributed by atoms with Crippen molar-refractivity contribution in [2.75, 3.05) is 19.0 Å². The fraction of sp³-hybridized carbons (Fsp3) is 0.241. The molecule has 2 unspecified atom stereocenters. The molecule has 0 bridgehead atoms. The van der Waals surface area contributed by atoms with E-state index in [1.165, 1.54) is 4.68 Å². The first-order chi connectivity index (χ1) is 20.8. The highest BCUT2D eigenvalue weighted by atomic mass is 35.5. The first-order valence-corrected chi connectivity index (χ1v) is 15.8. The molecule has 12 nitrogen and oxygen atoms in total. The third-order valence-electron chi connectivity index (χ3n) is 7.06. The molecule has 0 saturated heterocycles. The van der Waals surface area contributed by atoms with Gasteiger partial charge in [0.1, 0.15) is 16.9 Å². The van der Waals surface area contributed by atoms with Crippen LogP contribution in [-0.4, -0.2) is 54.3 Å². The van der Waals surface area contributed by atoms with E-state index in [9.17, 15) is 18.0 Å². The topological polar surface area (TPSA) is 168 Å². The molecule has 1 aliphatic rings. The van der Waals surface area contributed by atoms with Gasteiger partial charge in [-0.3, -0.25) is 4.79 Å². The van der Waals surface area contributed by atoms with E-state index in [0.29, 0.717) is 18.2 Å². The maximum atomic E-state index is 13.4. The van der Waals surface area contributed by atoms with Gasteiger partial charge in [0, 0.05) is 27.1 Å². The lowest BCUT2D eigenvalue weighted by molar-refractivity contribution is 0.236. The maximum absolute atomic E-state index is 13.4. The minimum atomic E-state index is -4.08. The predicted molar refractivity (Wildman–Crippen MR) is 171 cm³/mol. The van der Waals surface area contributed by atoms with E-state index < -0.39 is 15.6 Å². The fourth-order valence-electron chi connectivity index (χ4n) is 4.81. The number of amides is 2.